The summed E-state index contributed by atoms with van der Waals surface area (Å²) < 4.78 is 47.5. The van der Waals surface area contributed by atoms with Crippen LogP contribution in [0.25, 0.3) is 0 Å². The van der Waals surface area contributed by atoms with Crippen molar-refractivity contribution in [3.63, 3.8) is 0 Å². The van der Waals surface area contributed by atoms with Crippen molar-refractivity contribution in [3.8, 4) is 5.75 Å². The van der Waals surface area contributed by atoms with Gasteiger partial charge in [0.25, 0.3) is 12.3 Å². The van der Waals surface area contributed by atoms with Crippen molar-refractivity contribution >= 4 is 5.91 Å². The Kier molecular flexibility index (Phi) is 6.87. The summed E-state index contributed by atoms with van der Waals surface area (Å²) in [5.41, 5.74) is 0.790. The van der Waals surface area contributed by atoms with E-state index in [2.05, 4.69) is 10.4 Å². The second-order valence-corrected chi connectivity index (χ2v) is 6.24. The molecule has 1 aromatic heterocycles. The maximum Gasteiger partial charge on any atom is 0.262 e. The van der Waals surface area contributed by atoms with Gasteiger partial charge in [-0.2, -0.15) is 5.10 Å². The molecule has 1 heterocycles. The number of hydrogen-bond acceptors (Lipinski definition) is 3. The summed E-state index contributed by atoms with van der Waals surface area (Å²) in [7, 11) is 1.28. The topological polar surface area (TPSA) is 56.2 Å². The van der Waals surface area contributed by atoms with E-state index in [1.807, 2.05) is 13.8 Å². The standard InChI is InChI=1S/C19H24F3N3O2/c1-5-13(6-2)25-11(3)14(10-23-25)19(26)24-17(18(21)22)12-7-8-16(27-4)15(20)9-12/h7-10,13,17-18H,5-6H2,1-4H3,(H,24,26)/t17-/m0/s1. The predicted molar refractivity (Wildman–Crippen MR) is 95.7 cm³/mol. The first kappa shape index (κ1) is 20.8. The minimum Gasteiger partial charge on any atom is -0.494 e. The fraction of sp³-hybridized carbons (Fsp3) is 0.474. The summed E-state index contributed by atoms with van der Waals surface area (Å²) in [4.78, 5) is 12.6. The highest BCUT2D eigenvalue weighted by atomic mass is 19.3. The number of nitrogens with zero attached hydrogens (tertiary/aromatic N) is 2. The molecule has 1 N–H and O–H groups in total. The normalized spacial score (nSPS) is 12.5. The van der Waals surface area contributed by atoms with Crippen molar-refractivity contribution in [2.75, 3.05) is 7.11 Å². The lowest BCUT2D eigenvalue weighted by Gasteiger charge is -2.19. The van der Waals surface area contributed by atoms with Gasteiger partial charge in [-0.3, -0.25) is 9.48 Å². The van der Waals surface area contributed by atoms with Crippen LogP contribution in [0.15, 0.2) is 24.4 Å². The number of aromatic nitrogens is 2. The number of amides is 1. The zero-order valence-electron chi connectivity index (χ0n) is 15.8. The van der Waals surface area contributed by atoms with Gasteiger partial charge in [-0.05, 0) is 37.5 Å². The molecule has 0 radical (unpaired) electrons. The van der Waals surface area contributed by atoms with E-state index in [1.54, 1.807) is 11.6 Å². The molecular formula is C19H24F3N3O2. The minimum atomic E-state index is -2.91. The second-order valence-electron chi connectivity index (χ2n) is 6.24. The van der Waals surface area contributed by atoms with E-state index in [0.29, 0.717) is 5.69 Å². The van der Waals surface area contributed by atoms with Gasteiger partial charge in [0.1, 0.15) is 6.04 Å². The number of ether oxygens (including phenoxy) is 1. The van der Waals surface area contributed by atoms with Crippen LogP contribution in [0.2, 0.25) is 0 Å². The Bertz CT molecular complexity index is 789. The molecule has 148 valence electrons. The molecule has 1 aromatic carbocycles. The molecule has 8 heteroatoms. The van der Waals surface area contributed by atoms with E-state index in [1.165, 1.54) is 25.4 Å². The molecule has 0 saturated heterocycles. The molecule has 2 aromatic rings. The Morgan fingerprint density at radius 3 is 2.48 bits per heavy atom. The second kappa shape index (κ2) is 8.92. The van der Waals surface area contributed by atoms with Crippen LogP contribution in [0.5, 0.6) is 5.75 Å². The molecular weight excluding hydrogens is 359 g/mol. The molecule has 0 saturated carbocycles. The Balaban J connectivity index is 2.27. The van der Waals surface area contributed by atoms with Crippen molar-refractivity contribution in [2.45, 2.75) is 52.1 Å². The maximum atomic E-state index is 13.9. The number of alkyl halides is 2. The number of methoxy groups -OCH3 is 1. The van der Waals surface area contributed by atoms with Crippen molar-refractivity contribution in [3.05, 3.63) is 47.0 Å². The summed E-state index contributed by atoms with van der Waals surface area (Å²) in [5.74, 6) is -1.50. The summed E-state index contributed by atoms with van der Waals surface area (Å²) in [6.07, 6.45) is 0.145. The molecule has 0 aliphatic rings. The first-order chi connectivity index (χ1) is 12.8. The predicted octanol–water partition coefficient (Wildman–Crippen LogP) is 4.44. The van der Waals surface area contributed by atoms with Crippen LogP contribution in [0.4, 0.5) is 13.2 Å². The summed E-state index contributed by atoms with van der Waals surface area (Å²) in [6.45, 7) is 5.75. The lowest BCUT2D eigenvalue weighted by molar-refractivity contribution is 0.0742. The smallest absolute Gasteiger partial charge is 0.262 e. The van der Waals surface area contributed by atoms with Gasteiger partial charge < -0.3 is 10.1 Å². The average molecular weight is 383 g/mol. The number of carbonyl (C=O) groups is 1. The van der Waals surface area contributed by atoms with Gasteiger partial charge in [0.2, 0.25) is 0 Å². The van der Waals surface area contributed by atoms with Gasteiger partial charge >= 0.3 is 0 Å². The highest BCUT2D eigenvalue weighted by molar-refractivity contribution is 5.95. The molecule has 2 rings (SSSR count). The first-order valence-electron chi connectivity index (χ1n) is 8.80. The third-order valence-corrected chi connectivity index (χ3v) is 4.65. The Hall–Kier alpha value is -2.51. The van der Waals surface area contributed by atoms with E-state index >= 15 is 0 Å². The van der Waals surface area contributed by atoms with Gasteiger partial charge in [0, 0.05) is 5.69 Å². The van der Waals surface area contributed by atoms with Gasteiger partial charge in [0.05, 0.1) is 24.9 Å². The van der Waals surface area contributed by atoms with Crippen LogP contribution in [0.1, 0.15) is 60.4 Å². The van der Waals surface area contributed by atoms with Crippen molar-refractivity contribution in [1.82, 2.24) is 15.1 Å². The fourth-order valence-electron chi connectivity index (χ4n) is 3.04. The summed E-state index contributed by atoms with van der Waals surface area (Å²) in [5, 5.41) is 6.53. The van der Waals surface area contributed by atoms with Crippen LogP contribution in [0.3, 0.4) is 0 Å². The Morgan fingerprint density at radius 2 is 1.96 bits per heavy atom. The fourth-order valence-corrected chi connectivity index (χ4v) is 3.04. The van der Waals surface area contributed by atoms with Gasteiger partial charge in [-0.1, -0.05) is 19.9 Å². The van der Waals surface area contributed by atoms with Crippen molar-refractivity contribution in [2.24, 2.45) is 0 Å². The lowest BCUT2D eigenvalue weighted by Crippen LogP contribution is -2.33. The van der Waals surface area contributed by atoms with Crippen LogP contribution in [-0.4, -0.2) is 29.2 Å². The number of halogens is 3. The van der Waals surface area contributed by atoms with E-state index in [-0.39, 0.29) is 22.9 Å². The van der Waals surface area contributed by atoms with E-state index in [0.717, 1.165) is 18.9 Å². The summed E-state index contributed by atoms with van der Waals surface area (Å²) >= 11 is 0. The Morgan fingerprint density at radius 1 is 1.30 bits per heavy atom. The van der Waals surface area contributed by atoms with Crippen molar-refractivity contribution in [1.29, 1.82) is 0 Å². The molecule has 0 fully saturated rings. The van der Waals surface area contributed by atoms with Crippen molar-refractivity contribution < 1.29 is 22.7 Å². The SMILES string of the molecule is CCC(CC)n1ncc(C(=O)N[C@@H](c2ccc(OC)c(F)c2)C(F)F)c1C. The van der Waals surface area contributed by atoms with Crippen LogP contribution < -0.4 is 10.1 Å². The summed E-state index contributed by atoms with van der Waals surface area (Å²) in [6, 6.07) is 1.99. The Labute approximate surface area is 156 Å². The number of hydrogen-bond donors (Lipinski definition) is 1. The number of rotatable bonds is 8. The van der Waals surface area contributed by atoms with E-state index in [4.69, 9.17) is 4.74 Å². The van der Waals surface area contributed by atoms with E-state index in [9.17, 15) is 18.0 Å². The largest absolute Gasteiger partial charge is 0.494 e. The van der Waals surface area contributed by atoms with Crippen LogP contribution in [-0.2, 0) is 0 Å². The highest BCUT2D eigenvalue weighted by Crippen LogP contribution is 2.27. The molecule has 0 unspecified atom stereocenters. The van der Waals surface area contributed by atoms with Gasteiger partial charge in [-0.25, -0.2) is 13.2 Å². The zero-order valence-corrected chi connectivity index (χ0v) is 15.8. The maximum absolute atomic E-state index is 13.9. The third kappa shape index (κ3) is 4.43. The zero-order chi connectivity index (χ0) is 20.1. The molecule has 27 heavy (non-hydrogen) atoms. The molecule has 0 bridgehead atoms. The lowest BCUT2D eigenvalue weighted by atomic mass is 10.1. The molecule has 0 aliphatic heterocycles. The van der Waals surface area contributed by atoms with Gasteiger partial charge in [-0.15, -0.1) is 0 Å². The number of nitrogens with one attached hydrogen (secondary N) is 1. The molecule has 1 amide bonds. The quantitative estimate of drug-likeness (QED) is 0.733. The third-order valence-electron chi connectivity index (χ3n) is 4.65. The molecule has 5 nitrogen and oxygen atoms in total. The molecule has 1 atom stereocenters. The minimum absolute atomic E-state index is 0.0401. The molecule has 0 spiro atoms. The highest BCUT2D eigenvalue weighted by Gasteiger charge is 2.27. The average Bonchev–Trinajstić information content (AvgIpc) is 3.02. The monoisotopic (exact) mass is 383 g/mol. The first-order valence-corrected chi connectivity index (χ1v) is 8.80. The van der Waals surface area contributed by atoms with Gasteiger partial charge in [0.15, 0.2) is 11.6 Å². The van der Waals surface area contributed by atoms with Crippen LogP contribution >= 0.6 is 0 Å². The van der Waals surface area contributed by atoms with Crippen LogP contribution in [0, 0.1) is 12.7 Å². The number of carbonyl (C=O) groups excluding carboxylic acids is 1. The van der Waals surface area contributed by atoms with E-state index < -0.39 is 24.2 Å². The molecule has 0 aliphatic carbocycles. The number of benzene rings is 1.